The number of rotatable bonds is 3. The molecule has 0 fully saturated rings. The van der Waals surface area contributed by atoms with Gasteiger partial charge in [-0.15, -0.1) is 0 Å². The molecule has 1 amide bonds. The summed E-state index contributed by atoms with van der Waals surface area (Å²) in [7, 11) is 2.60. The van der Waals surface area contributed by atoms with Gasteiger partial charge < -0.3 is 14.7 Å². The zero-order valence-electron chi connectivity index (χ0n) is 10.0. The van der Waals surface area contributed by atoms with E-state index in [2.05, 4.69) is 4.74 Å². The molecule has 0 aliphatic rings. The number of nitrogens with zero attached hydrogens (tertiary/aromatic N) is 1. The molecule has 1 unspecified atom stereocenters. The molecule has 92 valence electrons. The van der Waals surface area contributed by atoms with E-state index in [4.69, 9.17) is 0 Å². The van der Waals surface area contributed by atoms with Crippen LogP contribution in [0.4, 0.5) is 5.69 Å². The van der Waals surface area contributed by atoms with Gasteiger partial charge in [0, 0.05) is 12.7 Å². The van der Waals surface area contributed by atoms with Gasteiger partial charge in [-0.3, -0.25) is 4.79 Å². The van der Waals surface area contributed by atoms with Gasteiger partial charge >= 0.3 is 5.97 Å². The zero-order chi connectivity index (χ0) is 13.1. The number of carbonyl (C=O) groups excluding carboxylic acids is 2. The van der Waals surface area contributed by atoms with Gasteiger partial charge in [0.2, 0.25) is 5.60 Å². The van der Waals surface area contributed by atoms with Gasteiger partial charge in [-0.2, -0.15) is 0 Å². The molecule has 0 saturated heterocycles. The van der Waals surface area contributed by atoms with Crippen LogP contribution in [0.1, 0.15) is 6.92 Å². The first kappa shape index (κ1) is 13.2. The summed E-state index contributed by atoms with van der Waals surface area (Å²) in [5, 5.41) is 9.82. The molecular formula is C12H15NO4. The topological polar surface area (TPSA) is 66.8 Å². The predicted octanol–water partition coefficient (Wildman–Crippen LogP) is 0.573. The van der Waals surface area contributed by atoms with Crippen molar-refractivity contribution in [3.8, 4) is 0 Å². The third kappa shape index (κ3) is 2.62. The molecule has 0 saturated carbocycles. The second kappa shape index (κ2) is 4.97. The third-order valence-electron chi connectivity index (χ3n) is 2.45. The Morgan fingerprint density at radius 3 is 2.29 bits per heavy atom. The minimum Gasteiger partial charge on any atom is -0.466 e. The number of benzene rings is 1. The summed E-state index contributed by atoms with van der Waals surface area (Å²) >= 11 is 0. The van der Waals surface area contributed by atoms with Gasteiger partial charge in [0.15, 0.2) is 0 Å². The minimum absolute atomic E-state index is 0.585. The number of carbonyl (C=O) groups is 2. The standard InChI is InChI=1S/C12H15NO4/c1-12(16,11(15)17-3)10(14)13(2)9-7-5-4-6-8-9/h4-8,16H,1-3H3. The fourth-order valence-corrected chi connectivity index (χ4v) is 1.38. The van der Waals surface area contributed by atoms with Crippen LogP contribution in [-0.4, -0.2) is 36.7 Å². The van der Waals surface area contributed by atoms with Crippen molar-refractivity contribution in [2.45, 2.75) is 12.5 Å². The minimum atomic E-state index is -2.18. The molecule has 5 nitrogen and oxygen atoms in total. The summed E-state index contributed by atoms with van der Waals surface area (Å²) in [5.41, 5.74) is -1.60. The molecule has 1 atom stereocenters. The van der Waals surface area contributed by atoms with Crippen molar-refractivity contribution in [2.24, 2.45) is 0 Å². The van der Waals surface area contributed by atoms with Gasteiger partial charge in [0.25, 0.3) is 5.91 Å². The Kier molecular flexibility index (Phi) is 3.85. The Bertz CT molecular complexity index is 414. The lowest BCUT2D eigenvalue weighted by atomic mass is 10.1. The van der Waals surface area contributed by atoms with Gasteiger partial charge in [0.05, 0.1) is 7.11 Å². The lowest BCUT2D eigenvalue weighted by Crippen LogP contribution is -2.51. The number of esters is 1. The number of anilines is 1. The second-order valence-corrected chi connectivity index (χ2v) is 3.76. The average molecular weight is 237 g/mol. The first-order valence-electron chi connectivity index (χ1n) is 5.05. The van der Waals surface area contributed by atoms with Crippen molar-refractivity contribution in [2.75, 3.05) is 19.1 Å². The van der Waals surface area contributed by atoms with Gasteiger partial charge in [-0.05, 0) is 19.1 Å². The summed E-state index contributed by atoms with van der Waals surface area (Å²) in [5.74, 6) is -1.72. The van der Waals surface area contributed by atoms with E-state index >= 15 is 0 Å². The normalized spacial score (nSPS) is 13.6. The molecule has 0 radical (unpaired) electrons. The molecule has 0 spiro atoms. The van der Waals surface area contributed by atoms with Crippen LogP contribution in [0.25, 0.3) is 0 Å². The summed E-state index contributed by atoms with van der Waals surface area (Å²) in [6.07, 6.45) is 0. The van der Waals surface area contributed by atoms with Gasteiger partial charge in [0.1, 0.15) is 0 Å². The quantitative estimate of drug-likeness (QED) is 0.616. The number of hydrogen-bond donors (Lipinski definition) is 1. The van der Waals surface area contributed by atoms with Gasteiger partial charge in [-0.25, -0.2) is 4.79 Å². The first-order valence-corrected chi connectivity index (χ1v) is 5.05. The van der Waals surface area contributed by atoms with Crippen LogP contribution in [0.15, 0.2) is 30.3 Å². The maximum atomic E-state index is 11.9. The number of hydrogen-bond acceptors (Lipinski definition) is 4. The molecule has 1 rings (SSSR count). The molecular weight excluding hydrogens is 222 g/mol. The smallest absolute Gasteiger partial charge is 0.347 e. The summed E-state index contributed by atoms with van der Waals surface area (Å²) in [6, 6.07) is 8.72. The molecule has 0 aliphatic carbocycles. The summed E-state index contributed by atoms with van der Waals surface area (Å²) in [4.78, 5) is 24.4. The van der Waals surface area contributed by atoms with Crippen molar-refractivity contribution >= 4 is 17.6 Å². The number of likely N-dealkylation sites (N-methyl/N-ethyl adjacent to an activating group) is 1. The maximum absolute atomic E-state index is 11.9. The molecule has 1 aromatic rings. The second-order valence-electron chi connectivity index (χ2n) is 3.76. The van der Waals surface area contributed by atoms with Crippen LogP contribution in [0, 0.1) is 0 Å². The van der Waals surface area contributed by atoms with Crippen LogP contribution >= 0.6 is 0 Å². The highest BCUT2D eigenvalue weighted by molar-refractivity contribution is 6.12. The number of aliphatic hydroxyl groups is 1. The Morgan fingerprint density at radius 2 is 1.82 bits per heavy atom. The van der Waals surface area contributed by atoms with E-state index in [1.165, 1.54) is 11.9 Å². The van der Waals surface area contributed by atoms with Crippen molar-refractivity contribution in [1.82, 2.24) is 0 Å². The lowest BCUT2D eigenvalue weighted by Gasteiger charge is -2.25. The first-order chi connectivity index (χ1) is 7.91. The predicted molar refractivity (Wildman–Crippen MR) is 62.5 cm³/mol. The molecule has 0 aromatic heterocycles. The number of para-hydroxylation sites is 1. The highest BCUT2D eigenvalue weighted by atomic mass is 16.5. The summed E-state index contributed by atoms with van der Waals surface area (Å²) < 4.78 is 4.39. The van der Waals surface area contributed by atoms with E-state index < -0.39 is 17.5 Å². The molecule has 1 aromatic carbocycles. The van der Waals surface area contributed by atoms with E-state index in [1.807, 2.05) is 0 Å². The van der Waals surface area contributed by atoms with Crippen molar-refractivity contribution in [3.05, 3.63) is 30.3 Å². The van der Waals surface area contributed by atoms with Crippen LogP contribution in [0.3, 0.4) is 0 Å². The van der Waals surface area contributed by atoms with Crippen LogP contribution in [0.5, 0.6) is 0 Å². The summed E-state index contributed by atoms with van der Waals surface area (Å²) in [6.45, 7) is 1.11. The lowest BCUT2D eigenvalue weighted by molar-refractivity contribution is -0.165. The van der Waals surface area contributed by atoms with Crippen LogP contribution in [-0.2, 0) is 14.3 Å². The maximum Gasteiger partial charge on any atom is 0.347 e. The van der Waals surface area contributed by atoms with Crippen molar-refractivity contribution in [3.63, 3.8) is 0 Å². The molecule has 5 heteroatoms. The Hall–Kier alpha value is -1.88. The molecule has 17 heavy (non-hydrogen) atoms. The van der Waals surface area contributed by atoms with Crippen molar-refractivity contribution < 1.29 is 19.4 Å². The van der Waals surface area contributed by atoms with Crippen molar-refractivity contribution in [1.29, 1.82) is 0 Å². The Morgan fingerprint density at radius 1 is 1.29 bits per heavy atom. The Balaban J connectivity index is 2.95. The highest BCUT2D eigenvalue weighted by Crippen LogP contribution is 2.17. The zero-order valence-corrected chi connectivity index (χ0v) is 10.0. The highest BCUT2D eigenvalue weighted by Gasteiger charge is 2.42. The number of amides is 1. The molecule has 0 heterocycles. The fourth-order valence-electron chi connectivity index (χ4n) is 1.38. The van der Waals surface area contributed by atoms with Crippen LogP contribution < -0.4 is 4.90 Å². The van der Waals surface area contributed by atoms with E-state index in [-0.39, 0.29) is 0 Å². The van der Waals surface area contributed by atoms with Crippen LogP contribution in [0.2, 0.25) is 0 Å². The monoisotopic (exact) mass is 237 g/mol. The molecule has 0 aliphatic heterocycles. The molecule has 0 bridgehead atoms. The number of methoxy groups -OCH3 is 1. The Labute approximate surface area is 99.6 Å². The van der Waals surface area contributed by atoms with Gasteiger partial charge in [-0.1, -0.05) is 18.2 Å². The van der Waals surface area contributed by atoms with E-state index in [1.54, 1.807) is 30.3 Å². The number of ether oxygens (including phenoxy) is 1. The van der Waals surface area contributed by atoms with E-state index in [9.17, 15) is 14.7 Å². The SMILES string of the molecule is COC(=O)C(C)(O)C(=O)N(C)c1ccccc1. The van der Waals surface area contributed by atoms with E-state index in [0.717, 1.165) is 14.0 Å². The third-order valence-corrected chi connectivity index (χ3v) is 2.45. The largest absolute Gasteiger partial charge is 0.466 e. The van der Waals surface area contributed by atoms with E-state index in [0.29, 0.717) is 5.69 Å². The fraction of sp³-hybridized carbons (Fsp3) is 0.333. The molecule has 1 N–H and O–H groups in total. The average Bonchev–Trinajstić information content (AvgIpc) is 2.36.